The van der Waals surface area contributed by atoms with Gasteiger partial charge in [-0.25, -0.2) is 8.78 Å². The molecule has 0 bridgehead atoms. The van der Waals surface area contributed by atoms with Crippen molar-refractivity contribution in [2.45, 2.75) is 0 Å². The molecule has 2 aromatic carbocycles. The van der Waals surface area contributed by atoms with Crippen LogP contribution in [0.4, 0.5) is 8.78 Å². The number of hydrogen-bond donors (Lipinski definition) is 1. The maximum Gasteiger partial charge on any atom is 0.186 e. The summed E-state index contributed by atoms with van der Waals surface area (Å²) in [7, 11) is 1.41. The lowest BCUT2D eigenvalue weighted by molar-refractivity contribution is 0.104. The molecule has 1 heterocycles. The van der Waals surface area contributed by atoms with Crippen LogP contribution in [0.15, 0.2) is 48.5 Å². The third-order valence-electron chi connectivity index (χ3n) is 3.87. The Balaban J connectivity index is 1.78. The molecule has 27 heavy (non-hydrogen) atoms. The number of allylic oxidation sites excluding steroid dienone is 1. The van der Waals surface area contributed by atoms with Crippen molar-refractivity contribution in [1.29, 1.82) is 0 Å². The van der Waals surface area contributed by atoms with E-state index in [0.29, 0.717) is 40.1 Å². The summed E-state index contributed by atoms with van der Waals surface area (Å²) < 4.78 is 31.4. The molecule has 0 spiro atoms. The Labute approximate surface area is 153 Å². The van der Waals surface area contributed by atoms with E-state index in [1.54, 1.807) is 6.07 Å². The van der Waals surface area contributed by atoms with Crippen LogP contribution < -0.4 is 4.74 Å². The molecule has 136 valence electrons. The SMILES string of the molecule is COc1cc(C(=O)/C=C/c2cc(-c3ccc(F)c(F)c3)n[nH]2)ccc1C=O. The third kappa shape index (κ3) is 3.98. The van der Waals surface area contributed by atoms with Gasteiger partial charge in [0.15, 0.2) is 23.7 Å². The van der Waals surface area contributed by atoms with Crippen molar-refractivity contribution in [3.8, 4) is 17.0 Å². The first-order valence-corrected chi connectivity index (χ1v) is 7.88. The van der Waals surface area contributed by atoms with Crippen LogP contribution in [-0.2, 0) is 0 Å². The van der Waals surface area contributed by atoms with Gasteiger partial charge in [0.05, 0.1) is 24.1 Å². The second-order valence-corrected chi connectivity index (χ2v) is 5.61. The van der Waals surface area contributed by atoms with Crippen LogP contribution >= 0.6 is 0 Å². The molecule has 0 unspecified atom stereocenters. The number of hydrogen-bond acceptors (Lipinski definition) is 4. The van der Waals surface area contributed by atoms with Crippen molar-refractivity contribution in [1.82, 2.24) is 10.2 Å². The molecule has 0 aliphatic heterocycles. The van der Waals surface area contributed by atoms with E-state index in [4.69, 9.17) is 4.74 Å². The van der Waals surface area contributed by atoms with Gasteiger partial charge in [0, 0.05) is 11.1 Å². The van der Waals surface area contributed by atoms with Crippen molar-refractivity contribution in [2.75, 3.05) is 7.11 Å². The molecule has 5 nitrogen and oxygen atoms in total. The topological polar surface area (TPSA) is 72.0 Å². The Bertz CT molecular complexity index is 1040. The van der Waals surface area contributed by atoms with Gasteiger partial charge >= 0.3 is 0 Å². The third-order valence-corrected chi connectivity index (χ3v) is 3.87. The van der Waals surface area contributed by atoms with Gasteiger partial charge in [-0.05, 0) is 48.6 Å². The zero-order valence-corrected chi connectivity index (χ0v) is 14.2. The molecule has 1 N–H and O–H groups in total. The normalized spacial score (nSPS) is 10.9. The summed E-state index contributed by atoms with van der Waals surface area (Å²) in [5.41, 5.74) is 2.04. The van der Waals surface area contributed by atoms with Crippen molar-refractivity contribution in [2.24, 2.45) is 0 Å². The summed E-state index contributed by atoms with van der Waals surface area (Å²) in [6.45, 7) is 0. The maximum absolute atomic E-state index is 13.3. The quantitative estimate of drug-likeness (QED) is 0.404. The van der Waals surface area contributed by atoms with E-state index in [2.05, 4.69) is 10.2 Å². The molecule has 7 heteroatoms. The van der Waals surface area contributed by atoms with Crippen molar-refractivity contribution in [3.05, 3.63) is 77.0 Å². The molecular formula is C20H14F2N2O3. The highest BCUT2D eigenvalue weighted by atomic mass is 19.2. The van der Waals surface area contributed by atoms with Gasteiger partial charge in [-0.15, -0.1) is 0 Å². The predicted octanol–water partition coefficient (Wildman–Crippen LogP) is 4.07. The zero-order valence-electron chi connectivity index (χ0n) is 14.2. The first-order valence-electron chi connectivity index (χ1n) is 7.88. The summed E-state index contributed by atoms with van der Waals surface area (Å²) in [6.07, 6.45) is 3.49. The number of halogens is 2. The summed E-state index contributed by atoms with van der Waals surface area (Å²) >= 11 is 0. The number of aromatic nitrogens is 2. The largest absolute Gasteiger partial charge is 0.496 e. The number of aromatic amines is 1. The van der Waals surface area contributed by atoms with Crippen LogP contribution in [0.1, 0.15) is 26.4 Å². The van der Waals surface area contributed by atoms with Crippen LogP contribution in [0.5, 0.6) is 5.75 Å². The van der Waals surface area contributed by atoms with E-state index in [1.807, 2.05) is 0 Å². The monoisotopic (exact) mass is 368 g/mol. The number of aldehydes is 1. The number of ether oxygens (including phenoxy) is 1. The molecule has 1 aromatic heterocycles. The zero-order chi connectivity index (χ0) is 19.4. The number of carbonyl (C=O) groups is 2. The number of carbonyl (C=O) groups excluding carboxylic acids is 2. The number of nitrogens with one attached hydrogen (secondary N) is 1. The van der Waals surface area contributed by atoms with Gasteiger partial charge in [-0.3, -0.25) is 14.7 Å². The number of methoxy groups -OCH3 is 1. The highest BCUT2D eigenvalue weighted by molar-refractivity contribution is 6.07. The second kappa shape index (κ2) is 7.74. The fourth-order valence-corrected chi connectivity index (χ4v) is 2.45. The molecule has 0 aliphatic rings. The minimum Gasteiger partial charge on any atom is -0.496 e. The van der Waals surface area contributed by atoms with E-state index in [1.165, 1.54) is 43.5 Å². The minimum atomic E-state index is -0.963. The Morgan fingerprint density at radius 2 is 1.93 bits per heavy atom. The van der Waals surface area contributed by atoms with E-state index >= 15 is 0 Å². The molecular weight excluding hydrogens is 354 g/mol. The van der Waals surface area contributed by atoms with Crippen LogP contribution in [0, 0.1) is 11.6 Å². The summed E-state index contributed by atoms with van der Waals surface area (Å²) in [4.78, 5) is 23.2. The van der Waals surface area contributed by atoms with Gasteiger partial charge in [0.2, 0.25) is 0 Å². The molecule has 0 aliphatic carbocycles. The van der Waals surface area contributed by atoms with E-state index in [-0.39, 0.29) is 5.78 Å². The standard InChI is InChI=1S/C20H14F2N2O3/c1-27-20-9-13(2-3-14(20)11-25)19(26)7-5-15-10-18(24-23-15)12-4-6-16(21)17(22)8-12/h2-11H,1H3,(H,23,24)/b7-5+. The number of rotatable bonds is 6. The summed E-state index contributed by atoms with van der Waals surface area (Å²) in [5.74, 6) is -1.88. The first-order chi connectivity index (χ1) is 13.0. The van der Waals surface area contributed by atoms with Crippen LogP contribution in [0.2, 0.25) is 0 Å². The van der Waals surface area contributed by atoms with Gasteiger partial charge in [0.1, 0.15) is 5.75 Å². The lowest BCUT2D eigenvalue weighted by atomic mass is 10.1. The first kappa shape index (κ1) is 18.2. The van der Waals surface area contributed by atoms with Crippen LogP contribution in [0.25, 0.3) is 17.3 Å². The second-order valence-electron chi connectivity index (χ2n) is 5.61. The molecule has 0 amide bonds. The summed E-state index contributed by atoms with van der Waals surface area (Å²) in [6, 6.07) is 9.60. The Morgan fingerprint density at radius 1 is 1.11 bits per heavy atom. The van der Waals surface area contributed by atoms with Crippen LogP contribution in [0.3, 0.4) is 0 Å². The van der Waals surface area contributed by atoms with E-state index in [9.17, 15) is 18.4 Å². The minimum absolute atomic E-state index is 0.297. The number of benzene rings is 2. The van der Waals surface area contributed by atoms with Gasteiger partial charge in [0.25, 0.3) is 0 Å². The fraction of sp³-hybridized carbons (Fsp3) is 0.0500. The number of nitrogens with zero attached hydrogens (tertiary/aromatic N) is 1. The molecule has 0 saturated heterocycles. The number of H-pyrrole nitrogens is 1. The average Bonchev–Trinajstić information content (AvgIpc) is 3.16. The average molecular weight is 368 g/mol. The molecule has 0 radical (unpaired) electrons. The smallest absolute Gasteiger partial charge is 0.186 e. The Kier molecular flexibility index (Phi) is 5.21. The molecule has 0 saturated carbocycles. The van der Waals surface area contributed by atoms with Gasteiger partial charge < -0.3 is 4.74 Å². The van der Waals surface area contributed by atoms with Crippen molar-refractivity contribution < 1.29 is 23.1 Å². The maximum atomic E-state index is 13.3. The van der Waals surface area contributed by atoms with Gasteiger partial charge in [-0.1, -0.05) is 6.07 Å². The predicted molar refractivity (Wildman–Crippen MR) is 95.7 cm³/mol. The number of ketones is 1. The Hall–Kier alpha value is -3.61. The van der Waals surface area contributed by atoms with Crippen molar-refractivity contribution >= 4 is 18.1 Å². The lowest BCUT2D eigenvalue weighted by Crippen LogP contribution is -1.98. The van der Waals surface area contributed by atoms with E-state index < -0.39 is 11.6 Å². The van der Waals surface area contributed by atoms with Crippen LogP contribution in [-0.4, -0.2) is 29.4 Å². The molecule has 3 aromatic rings. The van der Waals surface area contributed by atoms with Crippen molar-refractivity contribution in [3.63, 3.8) is 0 Å². The highest BCUT2D eigenvalue weighted by Crippen LogP contribution is 2.21. The highest BCUT2D eigenvalue weighted by Gasteiger charge is 2.09. The van der Waals surface area contributed by atoms with Gasteiger partial charge in [-0.2, -0.15) is 5.10 Å². The Morgan fingerprint density at radius 3 is 2.63 bits per heavy atom. The molecule has 3 rings (SSSR count). The fourth-order valence-electron chi connectivity index (χ4n) is 2.45. The molecule has 0 fully saturated rings. The van der Waals surface area contributed by atoms with E-state index in [0.717, 1.165) is 12.1 Å². The lowest BCUT2D eigenvalue weighted by Gasteiger charge is -2.04. The summed E-state index contributed by atoms with van der Waals surface area (Å²) in [5, 5.41) is 6.73. The molecule has 0 atom stereocenters.